The number of aryl methyl sites for hydroxylation is 1. The Balaban J connectivity index is 2.17. The van der Waals surface area contributed by atoms with Gasteiger partial charge in [0.1, 0.15) is 5.82 Å². The first-order valence-electron chi connectivity index (χ1n) is 7.72. The van der Waals surface area contributed by atoms with E-state index >= 15 is 0 Å². The minimum atomic E-state index is 0.511. The summed E-state index contributed by atoms with van der Waals surface area (Å²) < 4.78 is 0. The van der Waals surface area contributed by atoms with Gasteiger partial charge in [-0.05, 0) is 37.5 Å². The third kappa shape index (κ3) is 4.07. The summed E-state index contributed by atoms with van der Waals surface area (Å²) in [5, 5.41) is 3.49. The molecular weight excluding hydrogens is 246 g/mol. The fourth-order valence-corrected chi connectivity index (χ4v) is 2.38. The predicted octanol–water partition coefficient (Wildman–Crippen LogP) is 3.30. The van der Waals surface area contributed by atoms with Crippen molar-refractivity contribution < 1.29 is 0 Å². The van der Waals surface area contributed by atoms with E-state index in [9.17, 15) is 0 Å². The van der Waals surface area contributed by atoms with E-state index in [0.717, 1.165) is 38.3 Å². The van der Waals surface area contributed by atoms with Gasteiger partial charge in [-0.15, -0.1) is 0 Å². The molecule has 0 bridgehead atoms. The summed E-state index contributed by atoms with van der Waals surface area (Å²) in [4.78, 5) is 7.18. The van der Waals surface area contributed by atoms with Gasteiger partial charge >= 0.3 is 0 Å². The molecule has 110 valence electrons. The number of anilines is 1. The molecule has 0 radical (unpaired) electrons. The molecule has 1 aromatic heterocycles. The van der Waals surface area contributed by atoms with Crippen molar-refractivity contribution in [2.24, 2.45) is 0 Å². The van der Waals surface area contributed by atoms with E-state index in [1.54, 1.807) is 0 Å². The Labute approximate surface area is 123 Å². The molecule has 1 aromatic rings. The maximum Gasteiger partial charge on any atom is 0.129 e. The Bertz CT molecular complexity index is 477. The topological polar surface area (TPSA) is 28.2 Å². The van der Waals surface area contributed by atoms with Gasteiger partial charge in [0.25, 0.3) is 0 Å². The van der Waals surface area contributed by atoms with Crippen molar-refractivity contribution in [3.63, 3.8) is 0 Å². The van der Waals surface area contributed by atoms with Gasteiger partial charge in [0.2, 0.25) is 0 Å². The van der Waals surface area contributed by atoms with Crippen molar-refractivity contribution in [2.45, 2.75) is 53.1 Å². The molecule has 20 heavy (non-hydrogen) atoms. The van der Waals surface area contributed by atoms with Crippen LogP contribution >= 0.6 is 0 Å². The Morgan fingerprint density at radius 3 is 2.75 bits per heavy atom. The first-order valence-corrected chi connectivity index (χ1v) is 7.72. The molecule has 0 unspecified atom stereocenters. The molecule has 0 amide bonds. The van der Waals surface area contributed by atoms with Crippen LogP contribution in [0.4, 0.5) is 5.82 Å². The average Bonchev–Trinajstić information content (AvgIpc) is 2.45. The lowest BCUT2D eigenvalue weighted by atomic mass is 10.1. The zero-order chi connectivity index (χ0) is 14.5. The maximum absolute atomic E-state index is 4.80. The van der Waals surface area contributed by atoms with E-state index in [2.05, 4.69) is 56.1 Å². The smallest absolute Gasteiger partial charge is 0.129 e. The number of aromatic nitrogens is 1. The SMILES string of the molecule is CCc1cc(CNC(C)C)cc(N2CC=C(C)CC2)n1. The van der Waals surface area contributed by atoms with E-state index in [4.69, 9.17) is 4.98 Å². The molecule has 0 atom stereocenters. The fourth-order valence-electron chi connectivity index (χ4n) is 2.38. The monoisotopic (exact) mass is 273 g/mol. The van der Waals surface area contributed by atoms with E-state index < -0.39 is 0 Å². The Kier molecular flexibility index (Phi) is 5.18. The van der Waals surface area contributed by atoms with Gasteiger partial charge in [0, 0.05) is 31.4 Å². The van der Waals surface area contributed by atoms with Gasteiger partial charge in [-0.3, -0.25) is 0 Å². The van der Waals surface area contributed by atoms with Crippen LogP contribution in [-0.4, -0.2) is 24.1 Å². The molecule has 1 N–H and O–H groups in total. The number of pyridine rings is 1. The van der Waals surface area contributed by atoms with E-state index in [0.29, 0.717) is 6.04 Å². The van der Waals surface area contributed by atoms with Crippen LogP contribution < -0.4 is 10.2 Å². The van der Waals surface area contributed by atoms with Crippen LogP contribution in [-0.2, 0) is 13.0 Å². The van der Waals surface area contributed by atoms with Crippen molar-refractivity contribution in [1.82, 2.24) is 10.3 Å². The minimum absolute atomic E-state index is 0.511. The predicted molar refractivity (Wildman–Crippen MR) is 86.2 cm³/mol. The van der Waals surface area contributed by atoms with Crippen LogP contribution in [0.1, 0.15) is 45.4 Å². The summed E-state index contributed by atoms with van der Waals surface area (Å²) in [6, 6.07) is 4.98. The van der Waals surface area contributed by atoms with Gasteiger partial charge in [-0.1, -0.05) is 32.4 Å². The molecule has 0 aliphatic carbocycles. The molecular formula is C17H27N3. The van der Waals surface area contributed by atoms with Gasteiger partial charge in [-0.2, -0.15) is 0 Å². The summed E-state index contributed by atoms with van der Waals surface area (Å²) in [5.74, 6) is 1.13. The molecule has 2 heterocycles. The summed E-state index contributed by atoms with van der Waals surface area (Å²) >= 11 is 0. The van der Waals surface area contributed by atoms with Crippen LogP contribution in [0, 0.1) is 0 Å². The van der Waals surface area contributed by atoms with Crippen molar-refractivity contribution in [2.75, 3.05) is 18.0 Å². The van der Waals surface area contributed by atoms with Crippen LogP contribution in [0.5, 0.6) is 0 Å². The Morgan fingerprint density at radius 2 is 2.15 bits per heavy atom. The summed E-state index contributed by atoms with van der Waals surface area (Å²) in [6.45, 7) is 11.7. The van der Waals surface area contributed by atoms with Gasteiger partial charge in [-0.25, -0.2) is 4.98 Å². The molecule has 0 saturated carbocycles. The Morgan fingerprint density at radius 1 is 1.35 bits per heavy atom. The number of hydrogen-bond acceptors (Lipinski definition) is 3. The number of rotatable bonds is 5. The lowest BCUT2D eigenvalue weighted by molar-refractivity contribution is 0.588. The molecule has 1 aliphatic heterocycles. The zero-order valence-electron chi connectivity index (χ0n) is 13.2. The normalized spacial score (nSPS) is 15.7. The number of nitrogens with zero attached hydrogens (tertiary/aromatic N) is 2. The third-order valence-electron chi connectivity index (χ3n) is 3.76. The van der Waals surface area contributed by atoms with E-state index in [1.165, 1.54) is 16.8 Å². The second-order valence-corrected chi connectivity index (χ2v) is 5.96. The van der Waals surface area contributed by atoms with Crippen molar-refractivity contribution in [1.29, 1.82) is 0 Å². The highest BCUT2D eigenvalue weighted by Gasteiger charge is 2.13. The van der Waals surface area contributed by atoms with Gasteiger partial charge in [0.05, 0.1) is 0 Å². The second kappa shape index (κ2) is 6.89. The highest BCUT2D eigenvalue weighted by Crippen LogP contribution is 2.20. The number of hydrogen-bond donors (Lipinski definition) is 1. The quantitative estimate of drug-likeness (QED) is 0.834. The minimum Gasteiger partial charge on any atom is -0.353 e. The molecule has 0 spiro atoms. The molecule has 0 fully saturated rings. The number of nitrogens with one attached hydrogen (secondary N) is 1. The third-order valence-corrected chi connectivity index (χ3v) is 3.76. The average molecular weight is 273 g/mol. The summed E-state index contributed by atoms with van der Waals surface area (Å²) in [7, 11) is 0. The first kappa shape index (κ1) is 15.0. The molecule has 0 aromatic carbocycles. The molecule has 0 saturated heterocycles. The van der Waals surface area contributed by atoms with Crippen LogP contribution in [0.25, 0.3) is 0 Å². The lowest BCUT2D eigenvalue weighted by Crippen LogP contribution is -2.29. The highest BCUT2D eigenvalue weighted by atomic mass is 15.2. The largest absolute Gasteiger partial charge is 0.353 e. The fraction of sp³-hybridized carbons (Fsp3) is 0.588. The standard InChI is InChI=1S/C17H27N3/c1-5-16-10-15(12-18-13(2)3)11-17(19-16)20-8-6-14(4)7-9-20/h6,10-11,13,18H,5,7-9,12H2,1-4H3. The molecule has 2 rings (SSSR count). The first-order chi connectivity index (χ1) is 9.58. The second-order valence-electron chi connectivity index (χ2n) is 5.96. The molecule has 1 aliphatic rings. The highest BCUT2D eigenvalue weighted by molar-refractivity contribution is 5.45. The van der Waals surface area contributed by atoms with Gasteiger partial charge < -0.3 is 10.2 Å². The molecule has 3 nitrogen and oxygen atoms in total. The van der Waals surface area contributed by atoms with Crippen molar-refractivity contribution in [3.8, 4) is 0 Å². The maximum atomic E-state index is 4.80. The van der Waals surface area contributed by atoms with Crippen molar-refractivity contribution in [3.05, 3.63) is 35.0 Å². The van der Waals surface area contributed by atoms with Crippen molar-refractivity contribution >= 4 is 5.82 Å². The molecule has 3 heteroatoms. The Hall–Kier alpha value is -1.35. The summed E-state index contributed by atoms with van der Waals surface area (Å²) in [6.07, 6.45) is 4.46. The lowest BCUT2D eigenvalue weighted by Gasteiger charge is -2.27. The van der Waals surface area contributed by atoms with Gasteiger partial charge in [0.15, 0.2) is 0 Å². The van der Waals surface area contributed by atoms with E-state index in [-0.39, 0.29) is 0 Å². The summed E-state index contributed by atoms with van der Waals surface area (Å²) in [5.41, 5.74) is 4.02. The zero-order valence-corrected chi connectivity index (χ0v) is 13.2. The van der Waals surface area contributed by atoms with Crippen LogP contribution in [0.3, 0.4) is 0 Å². The van der Waals surface area contributed by atoms with Crippen LogP contribution in [0.15, 0.2) is 23.8 Å². The van der Waals surface area contributed by atoms with Crippen LogP contribution in [0.2, 0.25) is 0 Å². The van der Waals surface area contributed by atoms with E-state index in [1.807, 2.05) is 0 Å².